The summed E-state index contributed by atoms with van der Waals surface area (Å²) in [5, 5.41) is 17.8. The molecular formula is C21H26ClN7O4. The number of rotatable bonds is 9. The van der Waals surface area contributed by atoms with Crippen LogP contribution in [0.5, 0.6) is 5.88 Å². The third-order valence-electron chi connectivity index (χ3n) is 5.40. The van der Waals surface area contributed by atoms with E-state index >= 15 is 0 Å². The summed E-state index contributed by atoms with van der Waals surface area (Å²) in [5.41, 5.74) is 1.18. The third kappa shape index (κ3) is 5.10. The highest BCUT2D eigenvalue weighted by Crippen LogP contribution is 2.32. The van der Waals surface area contributed by atoms with E-state index in [1.54, 1.807) is 42.2 Å². The lowest BCUT2D eigenvalue weighted by atomic mass is 10.1. The minimum Gasteiger partial charge on any atom is -0.477 e. The number of ether oxygens (including phenoxy) is 2. The van der Waals surface area contributed by atoms with Gasteiger partial charge >= 0.3 is 0 Å². The molecule has 176 valence electrons. The fourth-order valence-electron chi connectivity index (χ4n) is 3.82. The van der Waals surface area contributed by atoms with Gasteiger partial charge in [0.1, 0.15) is 5.65 Å². The van der Waals surface area contributed by atoms with Crippen LogP contribution < -0.4 is 10.1 Å². The van der Waals surface area contributed by atoms with E-state index in [-0.39, 0.29) is 24.5 Å². The van der Waals surface area contributed by atoms with Gasteiger partial charge in [0, 0.05) is 38.5 Å². The zero-order chi connectivity index (χ0) is 23.5. The molecule has 12 heteroatoms. The number of likely N-dealkylation sites (tertiary alicyclic amines) is 1. The van der Waals surface area contributed by atoms with Crippen LogP contribution in [0.1, 0.15) is 6.92 Å². The van der Waals surface area contributed by atoms with Crippen LogP contribution in [0, 0.1) is 5.92 Å². The zero-order valence-electron chi connectivity index (χ0n) is 18.4. The average Bonchev–Trinajstić information content (AvgIpc) is 3.50. The molecule has 0 saturated carbocycles. The molecule has 1 aliphatic heterocycles. The second kappa shape index (κ2) is 9.77. The number of hydrogen-bond acceptors (Lipinski definition) is 8. The maximum Gasteiger partial charge on any atom is 0.246 e. The van der Waals surface area contributed by atoms with Gasteiger partial charge in [0.2, 0.25) is 17.7 Å². The Kier molecular flexibility index (Phi) is 6.82. The summed E-state index contributed by atoms with van der Waals surface area (Å²) >= 11 is 6.34. The molecule has 1 saturated heterocycles. The highest BCUT2D eigenvalue weighted by Gasteiger charge is 2.35. The Bertz CT molecular complexity index is 1150. The second-order valence-electron chi connectivity index (χ2n) is 7.93. The summed E-state index contributed by atoms with van der Waals surface area (Å²) in [7, 11) is 1.62. The number of H-pyrrole nitrogens is 1. The quantitative estimate of drug-likeness (QED) is 0.400. The van der Waals surface area contributed by atoms with Gasteiger partial charge in [-0.1, -0.05) is 18.2 Å². The Morgan fingerprint density at radius 3 is 3.03 bits per heavy atom. The lowest BCUT2D eigenvalue weighted by molar-refractivity contribution is -0.125. The predicted octanol–water partition coefficient (Wildman–Crippen LogP) is 1.97. The Balaban J connectivity index is 1.53. The van der Waals surface area contributed by atoms with Crippen LogP contribution in [0.2, 0.25) is 5.02 Å². The van der Waals surface area contributed by atoms with Gasteiger partial charge in [0.05, 0.1) is 47.7 Å². The SMILES string of the molecule is C=CC(=O)N1CC(COc2nc(Nc3cnn(CC(C)O)c3)nc3[nH]cc(Cl)c23)C(OC)C1. The number of methoxy groups -OCH3 is 1. The van der Waals surface area contributed by atoms with Crippen LogP contribution in [0.15, 0.2) is 31.2 Å². The first-order chi connectivity index (χ1) is 15.9. The summed E-state index contributed by atoms with van der Waals surface area (Å²) in [5.74, 6) is 0.427. The minimum absolute atomic E-state index is 0.0447. The maximum atomic E-state index is 12.0. The Labute approximate surface area is 195 Å². The fraction of sp³-hybridized carbons (Fsp3) is 0.429. The number of aromatic amines is 1. The number of aliphatic hydroxyl groups is 1. The molecule has 0 aliphatic carbocycles. The van der Waals surface area contributed by atoms with Crippen molar-refractivity contribution in [1.82, 2.24) is 29.6 Å². The molecule has 1 aliphatic rings. The number of halogens is 1. The summed E-state index contributed by atoms with van der Waals surface area (Å²) in [4.78, 5) is 25.7. The summed E-state index contributed by atoms with van der Waals surface area (Å²) in [6.07, 6.45) is 5.60. The van der Waals surface area contributed by atoms with Crippen LogP contribution in [0.3, 0.4) is 0 Å². The van der Waals surface area contributed by atoms with Crippen molar-refractivity contribution in [1.29, 1.82) is 0 Å². The molecule has 4 heterocycles. The number of hydrogen-bond donors (Lipinski definition) is 3. The highest BCUT2D eigenvalue weighted by molar-refractivity contribution is 6.35. The van der Waals surface area contributed by atoms with E-state index in [1.807, 2.05) is 0 Å². The monoisotopic (exact) mass is 475 g/mol. The van der Waals surface area contributed by atoms with Crippen molar-refractivity contribution >= 4 is 40.2 Å². The number of carbonyl (C=O) groups excluding carboxylic acids is 1. The van der Waals surface area contributed by atoms with E-state index in [1.165, 1.54) is 6.08 Å². The van der Waals surface area contributed by atoms with Crippen LogP contribution in [-0.4, -0.2) is 79.7 Å². The minimum atomic E-state index is -0.518. The molecule has 0 spiro atoms. The average molecular weight is 476 g/mol. The maximum absolute atomic E-state index is 12.0. The van der Waals surface area contributed by atoms with Crippen molar-refractivity contribution in [2.75, 3.05) is 32.1 Å². The van der Waals surface area contributed by atoms with Crippen LogP contribution in [0.4, 0.5) is 11.6 Å². The number of carbonyl (C=O) groups is 1. The van der Waals surface area contributed by atoms with Crippen LogP contribution in [0.25, 0.3) is 11.0 Å². The lowest BCUT2D eigenvalue weighted by Crippen LogP contribution is -2.28. The lowest BCUT2D eigenvalue weighted by Gasteiger charge is -2.17. The Morgan fingerprint density at radius 1 is 1.48 bits per heavy atom. The standard InChI is InChI=1S/C21H26ClN7O4/c1-4-17(31)28-8-13(16(10-28)32-3)11-33-20-18-15(22)6-23-19(18)26-21(27-20)25-14-5-24-29(9-14)7-12(2)30/h4-6,9,12-13,16,30H,1,7-8,10-11H2,2-3H3,(H2,23,25,26,27). The number of nitrogens with zero attached hydrogens (tertiary/aromatic N) is 5. The van der Waals surface area contributed by atoms with E-state index in [0.717, 1.165) is 0 Å². The predicted molar refractivity (Wildman–Crippen MR) is 123 cm³/mol. The van der Waals surface area contributed by atoms with E-state index < -0.39 is 6.10 Å². The molecule has 11 nitrogen and oxygen atoms in total. The molecule has 3 atom stereocenters. The van der Waals surface area contributed by atoms with Crippen molar-refractivity contribution in [3.63, 3.8) is 0 Å². The van der Waals surface area contributed by atoms with Gasteiger partial charge < -0.3 is 29.8 Å². The molecule has 3 N–H and O–H groups in total. The molecule has 1 amide bonds. The molecule has 3 unspecified atom stereocenters. The fourth-order valence-corrected chi connectivity index (χ4v) is 4.04. The van der Waals surface area contributed by atoms with Gasteiger partial charge in [-0.25, -0.2) is 0 Å². The number of fused-ring (bicyclic) bond motifs is 1. The van der Waals surface area contributed by atoms with Gasteiger partial charge in [-0.3, -0.25) is 9.48 Å². The molecular weight excluding hydrogens is 450 g/mol. The van der Waals surface area contributed by atoms with Crippen molar-refractivity contribution in [3.05, 3.63) is 36.3 Å². The van der Waals surface area contributed by atoms with E-state index in [4.69, 9.17) is 21.1 Å². The first-order valence-corrected chi connectivity index (χ1v) is 10.8. The number of aromatic nitrogens is 5. The topological polar surface area (TPSA) is 130 Å². The first kappa shape index (κ1) is 23.0. The first-order valence-electron chi connectivity index (χ1n) is 10.5. The van der Waals surface area contributed by atoms with E-state index in [2.05, 4.69) is 31.9 Å². The van der Waals surface area contributed by atoms with Crippen LogP contribution >= 0.6 is 11.6 Å². The number of amides is 1. The molecule has 4 rings (SSSR count). The van der Waals surface area contributed by atoms with E-state index in [0.29, 0.717) is 53.2 Å². The van der Waals surface area contributed by atoms with Gasteiger partial charge in [0.25, 0.3) is 0 Å². The molecule has 3 aromatic rings. The molecule has 0 aromatic carbocycles. The van der Waals surface area contributed by atoms with Gasteiger partial charge in [0.15, 0.2) is 0 Å². The van der Waals surface area contributed by atoms with Gasteiger partial charge in [-0.05, 0) is 13.0 Å². The largest absolute Gasteiger partial charge is 0.477 e. The highest BCUT2D eigenvalue weighted by atomic mass is 35.5. The Morgan fingerprint density at radius 2 is 2.30 bits per heavy atom. The van der Waals surface area contributed by atoms with Crippen LogP contribution in [-0.2, 0) is 16.1 Å². The van der Waals surface area contributed by atoms with Crippen molar-refractivity contribution < 1.29 is 19.4 Å². The van der Waals surface area contributed by atoms with Crippen molar-refractivity contribution in [2.45, 2.75) is 25.7 Å². The second-order valence-corrected chi connectivity index (χ2v) is 8.34. The summed E-state index contributed by atoms with van der Waals surface area (Å²) in [6.45, 7) is 6.85. The number of anilines is 2. The van der Waals surface area contributed by atoms with Crippen molar-refractivity contribution in [2.24, 2.45) is 5.92 Å². The number of nitrogens with one attached hydrogen (secondary N) is 2. The van der Waals surface area contributed by atoms with Gasteiger partial charge in [-0.15, -0.1) is 0 Å². The van der Waals surface area contributed by atoms with Crippen molar-refractivity contribution in [3.8, 4) is 5.88 Å². The summed E-state index contributed by atoms with van der Waals surface area (Å²) in [6, 6.07) is 0. The van der Waals surface area contributed by atoms with E-state index in [9.17, 15) is 9.90 Å². The smallest absolute Gasteiger partial charge is 0.246 e. The molecule has 33 heavy (non-hydrogen) atoms. The number of aliphatic hydroxyl groups excluding tert-OH is 1. The normalized spacial score (nSPS) is 19.1. The molecule has 0 radical (unpaired) electrons. The molecule has 0 bridgehead atoms. The molecule has 3 aromatic heterocycles. The third-order valence-corrected chi connectivity index (χ3v) is 5.69. The summed E-state index contributed by atoms with van der Waals surface area (Å²) < 4.78 is 13.3. The molecule has 1 fully saturated rings. The zero-order valence-corrected chi connectivity index (χ0v) is 19.1. The van der Waals surface area contributed by atoms with Gasteiger partial charge in [-0.2, -0.15) is 15.1 Å². The Hall–Kier alpha value is -3.15.